The lowest BCUT2D eigenvalue weighted by molar-refractivity contribution is 0.153. The molecule has 1 unspecified atom stereocenters. The number of nitriles is 2. The molecule has 0 saturated carbocycles. The van der Waals surface area contributed by atoms with Crippen LogP contribution in [0.4, 0.5) is 0 Å². The van der Waals surface area contributed by atoms with Gasteiger partial charge >= 0.3 is 0 Å². The number of para-hydroxylation sites is 1. The van der Waals surface area contributed by atoms with Crippen LogP contribution in [0.15, 0.2) is 29.8 Å². The summed E-state index contributed by atoms with van der Waals surface area (Å²) in [5.41, 5.74) is 0.855. The second kappa shape index (κ2) is 8.22. The molecule has 0 radical (unpaired) electrons. The normalized spacial score (nSPS) is 18.0. The fourth-order valence-electron chi connectivity index (χ4n) is 2.75. The van der Waals surface area contributed by atoms with Gasteiger partial charge in [-0.2, -0.15) is 10.5 Å². The number of rotatable bonds is 5. The first-order valence-electron chi connectivity index (χ1n) is 7.69. The van der Waals surface area contributed by atoms with Crippen molar-refractivity contribution in [2.24, 2.45) is 5.92 Å². The van der Waals surface area contributed by atoms with Crippen molar-refractivity contribution in [2.75, 3.05) is 26.2 Å². The molecule has 1 heterocycles. The highest BCUT2D eigenvalue weighted by atomic mass is 16.5. The molecule has 114 valence electrons. The molecule has 1 saturated heterocycles. The Morgan fingerprint density at radius 2 is 2.14 bits per heavy atom. The van der Waals surface area contributed by atoms with E-state index >= 15 is 0 Å². The molecule has 0 N–H and O–H groups in total. The average molecular weight is 295 g/mol. The number of likely N-dealkylation sites (tertiary alicyclic amines) is 1. The van der Waals surface area contributed by atoms with E-state index < -0.39 is 0 Å². The first kappa shape index (κ1) is 16.1. The molecular weight excluding hydrogens is 274 g/mol. The lowest BCUT2D eigenvalue weighted by atomic mass is 10.0. The summed E-state index contributed by atoms with van der Waals surface area (Å²) >= 11 is 0. The number of piperidine rings is 1. The molecule has 0 aromatic heterocycles. The zero-order chi connectivity index (χ0) is 15.8. The smallest absolute Gasteiger partial charge is 0.130 e. The molecule has 4 nitrogen and oxygen atoms in total. The quantitative estimate of drug-likeness (QED) is 0.782. The van der Waals surface area contributed by atoms with Gasteiger partial charge in [0.15, 0.2) is 0 Å². The van der Waals surface area contributed by atoms with Crippen LogP contribution in [0.3, 0.4) is 0 Å². The Kier molecular flexibility index (Phi) is 6.01. The molecule has 0 aliphatic carbocycles. The Morgan fingerprint density at radius 1 is 1.36 bits per heavy atom. The largest absolute Gasteiger partial charge is 0.492 e. The van der Waals surface area contributed by atoms with E-state index in [1.807, 2.05) is 36.4 Å². The van der Waals surface area contributed by atoms with E-state index in [9.17, 15) is 0 Å². The van der Waals surface area contributed by atoms with E-state index in [4.69, 9.17) is 15.3 Å². The number of hydrogen-bond donors (Lipinski definition) is 0. The standard InChI is InChI=1S/C18H21N3O/c1-15-5-4-8-21(14-15)9-10-22-18-7-3-2-6-17(18)11-16(12-19)13-20/h2-3,6-7,11,15H,4-5,8-10,14H2,1H3. The summed E-state index contributed by atoms with van der Waals surface area (Å²) in [6, 6.07) is 11.2. The maximum Gasteiger partial charge on any atom is 0.130 e. The second-order valence-electron chi connectivity index (χ2n) is 5.72. The van der Waals surface area contributed by atoms with Crippen LogP contribution in [0.5, 0.6) is 5.75 Å². The molecule has 2 rings (SSSR count). The summed E-state index contributed by atoms with van der Waals surface area (Å²) in [4.78, 5) is 2.43. The molecule has 0 spiro atoms. The van der Waals surface area contributed by atoms with Gasteiger partial charge in [-0.15, -0.1) is 0 Å². The van der Waals surface area contributed by atoms with Crippen LogP contribution in [0.2, 0.25) is 0 Å². The summed E-state index contributed by atoms with van der Waals surface area (Å²) in [6.07, 6.45) is 4.14. The molecule has 1 aromatic carbocycles. The van der Waals surface area contributed by atoms with Crippen molar-refractivity contribution in [3.63, 3.8) is 0 Å². The second-order valence-corrected chi connectivity index (χ2v) is 5.72. The van der Waals surface area contributed by atoms with Crippen molar-refractivity contribution in [1.29, 1.82) is 10.5 Å². The molecule has 1 fully saturated rings. The van der Waals surface area contributed by atoms with Gasteiger partial charge in [0.1, 0.15) is 30.1 Å². The Morgan fingerprint density at radius 3 is 2.86 bits per heavy atom. The van der Waals surface area contributed by atoms with Crippen molar-refractivity contribution >= 4 is 6.08 Å². The zero-order valence-electron chi connectivity index (χ0n) is 13.0. The molecule has 0 amide bonds. The van der Waals surface area contributed by atoms with Crippen molar-refractivity contribution in [2.45, 2.75) is 19.8 Å². The maximum absolute atomic E-state index is 8.86. The van der Waals surface area contributed by atoms with Crippen LogP contribution in [-0.2, 0) is 0 Å². The van der Waals surface area contributed by atoms with Crippen molar-refractivity contribution in [3.05, 3.63) is 35.4 Å². The van der Waals surface area contributed by atoms with E-state index in [2.05, 4.69) is 11.8 Å². The van der Waals surface area contributed by atoms with Crippen LogP contribution in [0, 0.1) is 28.6 Å². The monoisotopic (exact) mass is 295 g/mol. The molecule has 1 aromatic rings. The van der Waals surface area contributed by atoms with Gasteiger partial charge in [0.25, 0.3) is 0 Å². The number of hydrogen-bond acceptors (Lipinski definition) is 4. The Labute approximate surface area is 132 Å². The van der Waals surface area contributed by atoms with Crippen LogP contribution < -0.4 is 4.74 Å². The Balaban J connectivity index is 1.95. The maximum atomic E-state index is 8.86. The predicted octanol–water partition coefficient (Wildman–Crippen LogP) is 3.23. The Hall–Kier alpha value is -2.30. The molecule has 1 atom stereocenters. The van der Waals surface area contributed by atoms with E-state index in [1.54, 1.807) is 6.08 Å². The average Bonchev–Trinajstić information content (AvgIpc) is 2.54. The molecular formula is C18H21N3O. The summed E-state index contributed by atoms with van der Waals surface area (Å²) < 4.78 is 5.86. The molecule has 1 aliphatic heterocycles. The highest BCUT2D eigenvalue weighted by Crippen LogP contribution is 2.21. The highest BCUT2D eigenvalue weighted by Gasteiger charge is 2.15. The number of ether oxygens (including phenoxy) is 1. The first-order chi connectivity index (χ1) is 10.7. The number of benzene rings is 1. The summed E-state index contributed by atoms with van der Waals surface area (Å²) in [5, 5.41) is 17.7. The minimum atomic E-state index is 0.0842. The van der Waals surface area contributed by atoms with Gasteiger partial charge in [0.05, 0.1) is 0 Å². The van der Waals surface area contributed by atoms with Crippen LogP contribution >= 0.6 is 0 Å². The van der Waals surface area contributed by atoms with Crippen molar-refractivity contribution in [1.82, 2.24) is 4.90 Å². The van der Waals surface area contributed by atoms with Gasteiger partial charge in [-0.1, -0.05) is 25.1 Å². The lowest BCUT2D eigenvalue weighted by Crippen LogP contribution is -2.37. The third-order valence-corrected chi connectivity index (χ3v) is 3.87. The van der Waals surface area contributed by atoms with Gasteiger partial charge < -0.3 is 4.74 Å². The number of nitrogens with zero attached hydrogens (tertiary/aromatic N) is 3. The molecule has 1 aliphatic rings. The van der Waals surface area contributed by atoms with Gasteiger partial charge in [0, 0.05) is 18.7 Å². The lowest BCUT2D eigenvalue weighted by Gasteiger charge is -2.30. The Bertz CT molecular complexity index is 593. The highest BCUT2D eigenvalue weighted by molar-refractivity contribution is 5.66. The summed E-state index contributed by atoms with van der Waals surface area (Å²) in [5.74, 6) is 1.48. The fourth-order valence-corrected chi connectivity index (χ4v) is 2.75. The van der Waals surface area contributed by atoms with Crippen LogP contribution in [0.1, 0.15) is 25.3 Å². The predicted molar refractivity (Wildman–Crippen MR) is 86.0 cm³/mol. The summed E-state index contributed by atoms with van der Waals surface area (Å²) in [6.45, 7) is 6.09. The molecule has 0 bridgehead atoms. The van der Waals surface area contributed by atoms with Crippen LogP contribution in [0.25, 0.3) is 6.08 Å². The van der Waals surface area contributed by atoms with E-state index in [0.717, 1.165) is 36.9 Å². The first-order valence-corrected chi connectivity index (χ1v) is 7.69. The third-order valence-electron chi connectivity index (χ3n) is 3.87. The minimum absolute atomic E-state index is 0.0842. The van der Waals surface area contributed by atoms with E-state index in [1.165, 1.54) is 12.8 Å². The topological polar surface area (TPSA) is 60.0 Å². The SMILES string of the molecule is CC1CCCN(CCOc2ccccc2C=C(C#N)C#N)C1. The van der Waals surface area contributed by atoms with E-state index in [0.29, 0.717) is 6.61 Å². The fraction of sp³-hybridized carbons (Fsp3) is 0.444. The van der Waals surface area contributed by atoms with E-state index in [-0.39, 0.29) is 5.57 Å². The number of allylic oxidation sites excluding steroid dienone is 1. The van der Waals surface area contributed by atoms with Gasteiger partial charge in [-0.25, -0.2) is 0 Å². The van der Waals surface area contributed by atoms with Crippen LogP contribution in [-0.4, -0.2) is 31.1 Å². The van der Waals surface area contributed by atoms with Crippen molar-refractivity contribution < 1.29 is 4.74 Å². The third kappa shape index (κ3) is 4.62. The zero-order valence-corrected chi connectivity index (χ0v) is 13.0. The van der Waals surface area contributed by atoms with Crippen molar-refractivity contribution in [3.8, 4) is 17.9 Å². The molecule has 22 heavy (non-hydrogen) atoms. The molecule has 4 heteroatoms. The summed E-state index contributed by atoms with van der Waals surface area (Å²) in [7, 11) is 0. The van der Waals surface area contributed by atoms with Gasteiger partial charge in [0.2, 0.25) is 0 Å². The minimum Gasteiger partial charge on any atom is -0.492 e. The van der Waals surface area contributed by atoms with Gasteiger partial charge in [-0.3, -0.25) is 4.90 Å². The van der Waals surface area contributed by atoms with Gasteiger partial charge in [-0.05, 0) is 37.4 Å².